The fraction of sp³-hybridized carbons (Fsp3) is 0.125. The molecule has 6 heteroatoms. The van der Waals surface area contributed by atoms with Gasteiger partial charge in [0.15, 0.2) is 5.16 Å². The van der Waals surface area contributed by atoms with Crippen molar-refractivity contribution in [2.75, 3.05) is 5.32 Å². The zero-order chi connectivity index (χ0) is 20.9. The number of anilines is 1. The zero-order valence-corrected chi connectivity index (χ0v) is 17.7. The van der Waals surface area contributed by atoms with Crippen LogP contribution in [0.5, 0.6) is 0 Å². The second-order valence-electron chi connectivity index (χ2n) is 7.01. The molecule has 0 atom stereocenters. The number of para-hydroxylation sites is 1. The molecule has 0 radical (unpaired) electrons. The summed E-state index contributed by atoms with van der Waals surface area (Å²) in [7, 11) is 0. The number of amides is 1. The highest BCUT2D eigenvalue weighted by Crippen LogP contribution is 2.25. The Labute approximate surface area is 180 Å². The first-order valence-corrected chi connectivity index (χ1v) is 10.7. The van der Waals surface area contributed by atoms with Gasteiger partial charge in [0.2, 0.25) is 0 Å². The average Bonchev–Trinajstić information content (AvgIpc) is 3.13. The normalized spacial score (nSPS) is 10.7. The van der Waals surface area contributed by atoms with Gasteiger partial charge in [-0.05, 0) is 61.4 Å². The molecule has 1 amide bonds. The van der Waals surface area contributed by atoms with Crippen LogP contribution in [0.25, 0.3) is 5.69 Å². The van der Waals surface area contributed by atoms with Crippen LogP contribution in [-0.2, 0) is 5.75 Å². The van der Waals surface area contributed by atoms with Gasteiger partial charge in [-0.3, -0.25) is 9.36 Å². The summed E-state index contributed by atoms with van der Waals surface area (Å²) in [5.74, 6) is 1.48. The maximum atomic E-state index is 12.4. The fourth-order valence-electron chi connectivity index (χ4n) is 3.13. The van der Waals surface area contributed by atoms with E-state index in [1.807, 2.05) is 67.6 Å². The van der Waals surface area contributed by atoms with Crippen LogP contribution >= 0.6 is 11.8 Å². The minimum absolute atomic E-state index is 0.116. The molecular weight excluding hydrogens is 392 g/mol. The summed E-state index contributed by atoms with van der Waals surface area (Å²) in [5, 5.41) is 12.3. The first kappa shape index (κ1) is 19.9. The van der Waals surface area contributed by atoms with Crippen molar-refractivity contribution in [1.82, 2.24) is 14.8 Å². The van der Waals surface area contributed by atoms with Crippen molar-refractivity contribution in [3.63, 3.8) is 0 Å². The summed E-state index contributed by atoms with van der Waals surface area (Å²) in [6, 6.07) is 25.4. The fourth-order valence-corrected chi connectivity index (χ4v) is 4.08. The van der Waals surface area contributed by atoms with E-state index in [2.05, 4.69) is 45.2 Å². The lowest BCUT2D eigenvalue weighted by molar-refractivity contribution is 0.102. The average molecular weight is 415 g/mol. The van der Waals surface area contributed by atoms with E-state index >= 15 is 0 Å². The summed E-state index contributed by atoms with van der Waals surface area (Å²) in [4.78, 5) is 12.4. The van der Waals surface area contributed by atoms with Crippen LogP contribution in [-0.4, -0.2) is 20.7 Å². The van der Waals surface area contributed by atoms with Crippen LogP contribution in [0.2, 0.25) is 0 Å². The van der Waals surface area contributed by atoms with Crippen molar-refractivity contribution in [1.29, 1.82) is 0 Å². The number of aryl methyl sites for hydroxylation is 2. The smallest absolute Gasteiger partial charge is 0.255 e. The van der Waals surface area contributed by atoms with Gasteiger partial charge in [0.25, 0.3) is 5.91 Å². The third-order valence-electron chi connectivity index (χ3n) is 4.67. The molecule has 0 saturated carbocycles. The van der Waals surface area contributed by atoms with E-state index in [1.165, 1.54) is 5.56 Å². The monoisotopic (exact) mass is 414 g/mol. The SMILES string of the molecule is Cc1cccc(-n2c(C)nnc2SCc2ccc(C(=O)Nc3ccccc3)cc2)c1. The van der Waals surface area contributed by atoms with Crippen LogP contribution in [0.3, 0.4) is 0 Å². The van der Waals surface area contributed by atoms with E-state index in [1.54, 1.807) is 11.8 Å². The van der Waals surface area contributed by atoms with Crippen molar-refractivity contribution in [3.05, 3.63) is 101 Å². The summed E-state index contributed by atoms with van der Waals surface area (Å²) in [6.45, 7) is 4.03. The van der Waals surface area contributed by atoms with E-state index < -0.39 is 0 Å². The molecule has 0 fully saturated rings. The van der Waals surface area contributed by atoms with Gasteiger partial charge in [-0.15, -0.1) is 10.2 Å². The molecule has 0 spiro atoms. The Morgan fingerprint density at radius 1 is 0.933 bits per heavy atom. The van der Waals surface area contributed by atoms with E-state index in [4.69, 9.17) is 0 Å². The van der Waals surface area contributed by atoms with Crippen molar-refractivity contribution >= 4 is 23.4 Å². The van der Waals surface area contributed by atoms with E-state index in [9.17, 15) is 4.79 Å². The maximum absolute atomic E-state index is 12.4. The van der Waals surface area contributed by atoms with Crippen LogP contribution < -0.4 is 5.32 Å². The molecular formula is C24H22N4OS. The molecule has 30 heavy (non-hydrogen) atoms. The molecule has 1 heterocycles. The van der Waals surface area contributed by atoms with Gasteiger partial charge in [-0.1, -0.05) is 54.2 Å². The van der Waals surface area contributed by atoms with Crippen molar-refractivity contribution in [2.24, 2.45) is 0 Å². The molecule has 3 aromatic carbocycles. The molecule has 0 unspecified atom stereocenters. The molecule has 4 rings (SSSR count). The second kappa shape index (κ2) is 8.97. The lowest BCUT2D eigenvalue weighted by Crippen LogP contribution is -2.11. The van der Waals surface area contributed by atoms with E-state index in [-0.39, 0.29) is 5.91 Å². The van der Waals surface area contributed by atoms with Crippen LogP contribution in [0.1, 0.15) is 27.3 Å². The first-order valence-electron chi connectivity index (χ1n) is 9.67. The number of benzene rings is 3. The minimum Gasteiger partial charge on any atom is -0.322 e. The Morgan fingerprint density at radius 2 is 1.70 bits per heavy atom. The zero-order valence-electron chi connectivity index (χ0n) is 16.9. The molecule has 5 nitrogen and oxygen atoms in total. The van der Waals surface area contributed by atoms with Gasteiger partial charge in [0.1, 0.15) is 5.82 Å². The van der Waals surface area contributed by atoms with Gasteiger partial charge in [0.05, 0.1) is 0 Å². The molecule has 0 aliphatic rings. The predicted molar refractivity (Wildman–Crippen MR) is 121 cm³/mol. The number of carbonyl (C=O) groups excluding carboxylic acids is 1. The van der Waals surface area contributed by atoms with Gasteiger partial charge in [-0.25, -0.2) is 0 Å². The lowest BCUT2D eigenvalue weighted by atomic mass is 10.1. The number of nitrogens with one attached hydrogen (secondary N) is 1. The number of rotatable bonds is 6. The van der Waals surface area contributed by atoms with Crippen molar-refractivity contribution in [2.45, 2.75) is 24.8 Å². The molecule has 0 aliphatic heterocycles. The highest BCUT2D eigenvalue weighted by atomic mass is 32.2. The third kappa shape index (κ3) is 4.60. The van der Waals surface area contributed by atoms with Crippen LogP contribution in [0.4, 0.5) is 5.69 Å². The number of nitrogens with zero attached hydrogens (tertiary/aromatic N) is 3. The van der Waals surface area contributed by atoms with Gasteiger partial charge in [0, 0.05) is 22.7 Å². The summed E-state index contributed by atoms with van der Waals surface area (Å²) in [6.07, 6.45) is 0. The predicted octanol–water partition coefficient (Wildman–Crippen LogP) is 5.43. The molecule has 1 N–H and O–H groups in total. The van der Waals surface area contributed by atoms with E-state index in [0.717, 1.165) is 33.7 Å². The summed E-state index contributed by atoms with van der Waals surface area (Å²) < 4.78 is 2.07. The Balaban J connectivity index is 1.43. The molecule has 0 saturated heterocycles. The Hall–Kier alpha value is -3.38. The Bertz CT molecular complexity index is 1150. The quantitative estimate of drug-likeness (QED) is 0.428. The number of hydrogen-bond donors (Lipinski definition) is 1. The number of aromatic nitrogens is 3. The molecule has 0 aliphatic carbocycles. The number of carbonyl (C=O) groups is 1. The second-order valence-corrected chi connectivity index (χ2v) is 7.95. The summed E-state index contributed by atoms with van der Waals surface area (Å²) in [5.41, 5.74) is 4.79. The number of thioether (sulfide) groups is 1. The van der Waals surface area contributed by atoms with Gasteiger partial charge < -0.3 is 5.32 Å². The summed E-state index contributed by atoms with van der Waals surface area (Å²) >= 11 is 1.63. The van der Waals surface area contributed by atoms with Gasteiger partial charge in [-0.2, -0.15) is 0 Å². The third-order valence-corrected chi connectivity index (χ3v) is 5.67. The molecule has 150 valence electrons. The highest BCUT2D eigenvalue weighted by Gasteiger charge is 2.12. The van der Waals surface area contributed by atoms with Crippen LogP contribution in [0, 0.1) is 13.8 Å². The lowest BCUT2D eigenvalue weighted by Gasteiger charge is -2.09. The Kier molecular flexibility index (Phi) is 5.95. The Morgan fingerprint density at radius 3 is 2.43 bits per heavy atom. The minimum atomic E-state index is -0.116. The molecule has 1 aromatic heterocycles. The first-order chi connectivity index (χ1) is 14.6. The largest absolute Gasteiger partial charge is 0.322 e. The van der Waals surface area contributed by atoms with Gasteiger partial charge >= 0.3 is 0 Å². The topological polar surface area (TPSA) is 59.8 Å². The molecule has 0 bridgehead atoms. The molecule has 4 aromatic rings. The van der Waals surface area contributed by atoms with Crippen LogP contribution in [0.15, 0.2) is 84.0 Å². The maximum Gasteiger partial charge on any atom is 0.255 e. The number of hydrogen-bond acceptors (Lipinski definition) is 4. The standard InChI is InChI=1S/C24H22N4OS/c1-17-7-6-10-22(15-17)28-18(2)26-27-24(28)30-16-19-11-13-20(14-12-19)23(29)25-21-8-4-3-5-9-21/h3-15H,16H2,1-2H3,(H,25,29). The highest BCUT2D eigenvalue weighted by molar-refractivity contribution is 7.98. The van der Waals surface area contributed by atoms with Crippen molar-refractivity contribution < 1.29 is 4.79 Å². The van der Waals surface area contributed by atoms with E-state index in [0.29, 0.717) is 5.56 Å². The van der Waals surface area contributed by atoms with Crippen molar-refractivity contribution in [3.8, 4) is 5.69 Å².